The first-order valence-corrected chi connectivity index (χ1v) is 7.66. The number of halogens is 1. The fourth-order valence-corrected chi connectivity index (χ4v) is 2.07. The number of aliphatic hydroxyl groups is 1. The Labute approximate surface area is 132 Å². The van der Waals surface area contributed by atoms with Crippen LogP contribution in [0, 0.1) is 11.8 Å². The van der Waals surface area contributed by atoms with Crippen molar-refractivity contribution in [3.63, 3.8) is 0 Å². The second-order valence-corrected chi connectivity index (χ2v) is 6.16. The molecule has 1 atom stereocenters. The topological polar surface area (TPSA) is 50.7 Å². The second-order valence-electron chi connectivity index (χ2n) is 5.72. The fraction of sp³-hybridized carbons (Fsp3) is 0.625. The van der Waals surface area contributed by atoms with Crippen molar-refractivity contribution in [3.05, 3.63) is 22.7 Å². The van der Waals surface area contributed by atoms with Gasteiger partial charge in [-0.3, -0.25) is 0 Å². The summed E-state index contributed by atoms with van der Waals surface area (Å²) >= 11 is 6.13. The van der Waals surface area contributed by atoms with Crippen molar-refractivity contribution in [1.82, 2.24) is 5.32 Å². The van der Waals surface area contributed by atoms with E-state index in [2.05, 4.69) is 19.2 Å². The van der Waals surface area contributed by atoms with Gasteiger partial charge in [-0.1, -0.05) is 32.4 Å². The monoisotopic (exact) mass is 315 g/mol. The standard InChI is InChI=1S/C16H26ClNO3/c1-11(2)7-18-8-13-5-14(17)6-15(20-4)16(13)21-10-12(3)9-19/h5-6,11-12,18-19H,7-10H2,1-4H3. The molecule has 1 aromatic carbocycles. The number of hydrogen-bond donors (Lipinski definition) is 2. The van der Waals surface area contributed by atoms with Crippen molar-refractivity contribution in [2.24, 2.45) is 11.8 Å². The zero-order valence-corrected chi connectivity index (χ0v) is 14.0. The lowest BCUT2D eigenvalue weighted by atomic mass is 10.1. The lowest BCUT2D eigenvalue weighted by Gasteiger charge is -2.18. The highest BCUT2D eigenvalue weighted by Crippen LogP contribution is 2.35. The van der Waals surface area contributed by atoms with E-state index in [-0.39, 0.29) is 12.5 Å². The van der Waals surface area contributed by atoms with Gasteiger partial charge in [-0.25, -0.2) is 0 Å². The summed E-state index contributed by atoms with van der Waals surface area (Å²) in [5.74, 6) is 1.96. The van der Waals surface area contributed by atoms with E-state index in [1.165, 1.54) is 0 Å². The SMILES string of the molecule is COc1cc(Cl)cc(CNCC(C)C)c1OCC(C)CO. The third kappa shape index (κ3) is 6.12. The molecule has 0 aromatic heterocycles. The Morgan fingerprint density at radius 3 is 2.57 bits per heavy atom. The molecular weight excluding hydrogens is 290 g/mol. The van der Waals surface area contributed by atoms with Crippen LogP contribution in [0.15, 0.2) is 12.1 Å². The summed E-state index contributed by atoms with van der Waals surface area (Å²) in [5, 5.41) is 13.1. The van der Waals surface area contributed by atoms with Crippen LogP contribution in [0.3, 0.4) is 0 Å². The maximum atomic E-state index is 9.11. The Balaban J connectivity index is 2.88. The molecule has 0 aliphatic carbocycles. The minimum absolute atomic E-state index is 0.0712. The van der Waals surface area contributed by atoms with E-state index in [9.17, 15) is 0 Å². The predicted molar refractivity (Wildman–Crippen MR) is 86.3 cm³/mol. The van der Waals surface area contributed by atoms with Gasteiger partial charge in [0.1, 0.15) is 0 Å². The molecular formula is C16H26ClNO3. The van der Waals surface area contributed by atoms with Crippen LogP contribution in [0.1, 0.15) is 26.3 Å². The molecule has 0 aliphatic rings. The summed E-state index contributed by atoms with van der Waals surface area (Å²) < 4.78 is 11.2. The molecule has 0 aliphatic heterocycles. The third-order valence-corrected chi connectivity index (χ3v) is 3.23. The first-order chi connectivity index (χ1) is 9.97. The summed E-state index contributed by atoms with van der Waals surface area (Å²) in [6.07, 6.45) is 0. The number of ether oxygens (including phenoxy) is 2. The Kier molecular flexibility index (Phi) is 7.86. The van der Waals surface area contributed by atoms with Gasteiger partial charge in [0.25, 0.3) is 0 Å². The first kappa shape index (κ1) is 18.1. The number of hydrogen-bond acceptors (Lipinski definition) is 4. The molecule has 4 nitrogen and oxygen atoms in total. The van der Waals surface area contributed by atoms with Gasteiger partial charge in [0.05, 0.1) is 13.7 Å². The summed E-state index contributed by atoms with van der Waals surface area (Å²) in [6.45, 7) is 8.36. The Morgan fingerprint density at radius 1 is 1.29 bits per heavy atom. The van der Waals surface area contributed by atoms with Gasteiger partial charge in [-0.15, -0.1) is 0 Å². The number of benzene rings is 1. The Bertz CT molecular complexity index is 438. The molecule has 0 saturated carbocycles. The van der Waals surface area contributed by atoms with Crippen LogP contribution in [0.25, 0.3) is 0 Å². The van der Waals surface area contributed by atoms with Crippen molar-refractivity contribution in [2.75, 3.05) is 26.9 Å². The third-order valence-electron chi connectivity index (χ3n) is 3.01. The van der Waals surface area contributed by atoms with E-state index in [4.69, 9.17) is 26.2 Å². The van der Waals surface area contributed by atoms with Gasteiger partial charge in [0, 0.05) is 35.7 Å². The minimum atomic E-state index is 0.0712. The molecule has 0 bridgehead atoms. The van der Waals surface area contributed by atoms with Crippen LogP contribution in [-0.2, 0) is 6.54 Å². The van der Waals surface area contributed by atoms with Gasteiger partial charge in [0.15, 0.2) is 11.5 Å². The molecule has 0 heterocycles. The molecule has 1 rings (SSSR count). The van der Waals surface area contributed by atoms with Crippen molar-refractivity contribution < 1.29 is 14.6 Å². The van der Waals surface area contributed by atoms with Crippen LogP contribution in [0.5, 0.6) is 11.5 Å². The zero-order valence-electron chi connectivity index (χ0n) is 13.3. The Hall–Kier alpha value is -0.970. The first-order valence-electron chi connectivity index (χ1n) is 7.28. The molecule has 0 fully saturated rings. The number of aliphatic hydroxyl groups excluding tert-OH is 1. The maximum Gasteiger partial charge on any atom is 0.165 e. The lowest BCUT2D eigenvalue weighted by molar-refractivity contribution is 0.170. The summed E-state index contributed by atoms with van der Waals surface area (Å²) in [6, 6.07) is 3.63. The van der Waals surface area contributed by atoms with Crippen molar-refractivity contribution in [3.8, 4) is 11.5 Å². The Morgan fingerprint density at radius 2 is 2.00 bits per heavy atom. The van der Waals surface area contributed by atoms with E-state index in [0.29, 0.717) is 35.6 Å². The largest absolute Gasteiger partial charge is 0.493 e. The average Bonchev–Trinajstić information content (AvgIpc) is 2.44. The molecule has 0 spiro atoms. The summed E-state index contributed by atoms with van der Waals surface area (Å²) in [7, 11) is 1.60. The normalized spacial score (nSPS) is 12.5. The lowest BCUT2D eigenvalue weighted by Crippen LogP contribution is -2.20. The van der Waals surface area contributed by atoms with Crippen molar-refractivity contribution in [1.29, 1.82) is 0 Å². The number of methoxy groups -OCH3 is 1. The quantitative estimate of drug-likeness (QED) is 0.735. The molecule has 2 N–H and O–H groups in total. The molecule has 1 aromatic rings. The average molecular weight is 316 g/mol. The highest BCUT2D eigenvalue weighted by atomic mass is 35.5. The van der Waals surface area contributed by atoms with Crippen LogP contribution in [-0.4, -0.2) is 32.0 Å². The van der Waals surface area contributed by atoms with Crippen LogP contribution in [0.2, 0.25) is 5.02 Å². The van der Waals surface area contributed by atoms with Gasteiger partial charge in [-0.2, -0.15) is 0 Å². The fourth-order valence-electron chi connectivity index (χ4n) is 1.84. The molecule has 21 heavy (non-hydrogen) atoms. The molecule has 0 radical (unpaired) electrons. The van der Waals surface area contributed by atoms with E-state index >= 15 is 0 Å². The molecule has 5 heteroatoms. The smallest absolute Gasteiger partial charge is 0.165 e. The molecule has 0 saturated heterocycles. The van der Waals surface area contributed by atoms with E-state index < -0.39 is 0 Å². The van der Waals surface area contributed by atoms with Gasteiger partial charge < -0.3 is 19.9 Å². The van der Waals surface area contributed by atoms with Crippen LogP contribution in [0.4, 0.5) is 0 Å². The van der Waals surface area contributed by atoms with E-state index in [1.54, 1.807) is 13.2 Å². The van der Waals surface area contributed by atoms with Crippen molar-refractivity contribution >= 4 is 11.6 Å². The molecule has 1 unspecified atom stereocenters. The minimum Gasteiger partial charge on any atom is -0.493 e. The second kappa shape index (κ2) is 9.13. The van der Waals surface area contributed by atoms with Gasteiger partial charge in [0.2, 0.25) is 0 Å². The van der Waals surface area contributed by atoms with Crippen LogP contribution >= 0.6 is 11.6 Å². The van der Waals surface area contributed by atoms with Gasteiger partial charge >= 0.3 is 0 Å². The zero-order chi connectivity index (χ0) is 15.8. The predicted octanol–water partition coefficient (Wildman–Crippen LogP) is 3.10. The van der Waals surface area contributed by atoms with E-state index in [1.807, 2.05) is 13.0 Å². The van der Waals surface area contributed by atoms with Gasteiger partial charge in [-0.05, 0) is 18.5 Å². The highest BCUT2D eigenvalue weighted by molar-refractivity contribution is 6.30. The van der Waals surface area contributed by atoms with Crippen molar-refractivity contribution in [2.45, 2.75) is 27.3 Å². The summed E-state index contributed by atoms with van der Waals surface area (Å²) in [4.78, 5) is 0. The summed E-state index contributed by atoms with van der Waals surface area (Å²) in [5.41, 5.74) is 0.963. The highest BCUT2D eigenvalue weighted by Gasteiger charge is 2.14. The number of rotatable bonds is 9. The molecule has 0 amide bonds. The van der Waals surface area contributed by atoms with Crippen LogP contribution < -0.4 is 14.8 Å². The maximum absolute atomic E-state index is 9.11. The number of nitrogens with one attached hydrogen (secondary N) is 1. The molecule has 120 valence electrons. The van der Waals surface area contributed by atoms with E-state index in [0.717, 1.165) is 12.1 Å².